The molecule has 98 valence electrons. The Morgan fingerprint density at radius 3 is 2.67 bits per heavy atom. The van der Waals surface area contributed by atoms with Gasteiger partial charge in [-0.05, 0) is 12.5 Å². The van der Waals surface area contributed by atoms with E-state index in [1.807, 2.05) is 0 Å². The summed E-state index contributed by atoms with van der Waals surface area (Å²) in [6.07, 6.45) is 1.53. The van der Waals surface area contributed by atoms with Crippen molar-refractivity contribution < 1.29 is 17.6 Å². The van der Waals surface area contributed by atoms with E-state index in [0.717, 1.165) is 12.3 Å². The number of sulfone groups is 1. The first-order chi connectivity index (χ1) is 8.39. The maximum atomic E-state index is 12.0. The molecule has 1 saturated heterocycles. The zero-order valence-electron chi connectivity index (χ0n) is 9.83. The fraction of sp³-hybridized carbons (Fsp3) is 0.455. The molecule has 2 heterocycles. The molecule has 18 heavy (non-hydrogen) atoms. The fourth-order valence-corrected chi connectivity index (χ4v) is 3.70. The van der Waals surface area contributed by atoms with Crippen LogP contribution in [0, 0.1) is 0 Å². The molecule has 1 aliphatic heterocycles. The minimum Gasteiger partial charge on any atom is -0.430 e. The lowest BCUT2D eigenvalue weighted by atomic mass is 10.2. The quantitative estimate of drug-likeness (QED) is 0.750. The standard InChI is InChI=1S/C11H13NO5S/c1-12(9-4-5-18(15,16)7-9)11(14)8-2-3-10(13)17-6-8/h2-3,6,9H,4-5,7H2,1H3. The van der Waals surface area contributed by atoms with E-state index >= 15 is 0 Å². The molecular formula is C11H13NO5S. The number of amides is 1. The lowest BCUT2D eigenvalue weighted by molar-refractivity contribution is 0.0745. The van der Waals surface area contributed by atoms with Gasteiger partial charge in [0.25, 0.3) is 5.91 Å². The van der Waals surface area contributed by atoms with Gasteiger partial charge in [-0.15, -0.1) is 0 Å². The van der Waals surface area contributed by atoms with Crippen molar-refractivity contribution in [1.29, 1.82) is 0 Å². The van der Waals surface area contributed by atoms with Crippen LogP contribution in [0.4, 0.5) is 0 Å². The van der Waals surface area contributed by atoms with Gasteiger partial charge in [0.1, 0.15) is 6.26 Å². The SMILES string of the molecule is CN(C(=O)c1ccc(=O)oc1)C1CCS(=O)(=O)C1. The molecule has 1 amide bonds. The minimum absolute atomic E-state index is 0.00791. The Morgan fingerprint density at radius 1 is 1.44 bits per heavy atom. The summed E-state index contributed by atoms with van der Waals surface area (Å²) < 4.78 is 27.3. The summed E-state index contributed by atoms with van der Waals surface area (Å²) in [5.41, 5.74) is -0.293. The molecule has 0 aliphatic carbocycles. The third kappa shape index (κ3) is 2.61. The number of rotatable bonds is 2. The van der Waals surface area contributed by atoms with E-state index in [-0.39, 0.29) is 29.0 Å². The Kier molecular flexibility index (Phi) is 3.25. The van der Waals surface area contributed by atoms with Gasteiger partial charge in [-0.2, -0.15) is 0 Å². The summed E-state index contributed by atoms with van der Waals surface area (Å²) in [4.78, 5) is 24.2. The molecule has 0 N–H and O–H groups in total. The number of hydrogen-bond donors (Lipinski definition) is 0. The molecule has 1 aromatic heterocycles. The molecule has 1 unspecified atom stereocenters. The smallest absolute Gasteiger partial charge is 0.335 e. The van der Waals surface area contributed by atoms with Crippen LogP contribution in [-0.4, -0.2) is 43.8 Å². The Hall–Kier alpha value is -1.63. The van der Waals surface area contributed by atoms with Gasteiger partial charge in [-0.25, -0.2) is 13.2 Å². The van der Waals surface area contributed by atoms with Gasteiger partial charge in [-0.3, -0.25) is 4.79 Å². The van der Waals surface area contributed by atoms with Crippen molar-refractivity contribution in [3.05, 3.63) is 34.4 Å². The molecule has 1 aliphatic rings. The van der Waals surface area contributed by atoms with Gasteiger partial charge < -0.3 is 9.32 Å². The van der Waals surface area contributed by atoms with Crippen molar-refractivity contribution in [3.63, 3.8) is 0 Å². The lowest BCUT2D eigenvalue weighted by Crippen LogP contribution is -2.37. The maximum absolute atomic E-state index is 12.0. The molecule has 1 fully saturated rings. The molecule has 0 aromatic carbocycles. The van der Waals surface area contributed by atoms with Gasteiger partial charge in [-0.1, -0.05) is 0 Å². The molecule has 0 saturated carbocycles. The van der Waals surface area contributed by atoms with E-state index in [1.54, 1.807) is 7.05 Å². The van der Waals surface area contributed by atoms with E-state index in [1.165, 1.54) is 11.0 Å². The normalized spacial score (nSPS) is 21.7. The van der Waals surface area contributed by atoms with Gasteiger partial charge in [0.2, 0.25) is 0 Å². The second-order valence-electron chi connectivity index (χ2n) is 4.32. The van der Waals surface area contributed by atoms with Crippen LogP contribution in [0.3, 0.4) is 0 Å². The van der Waals surface area contributed by atoms with Crippen LogP contribution in [0.15, 0.2) is 27.6 Å². The van der Waals surface area contributed by atoms with E-state index in [2.05, 4.69) is 4.42 Å². The molecule has 0 radical (unpaired) electrons. The van der Waals surface area contributed by atoms with Gasteiger partial charge in [0.05, 0.1) is 17.1 Å². The first kappa shape index (κ1) is 12.8. The van der Waals surface area contributed by atoms with Crippen molar-refractivity contribution in [2.24, 2.45) is 0 Å². The lowest BCUT2D eigenvalue weighted by Gasteiger charge is -2.23. The highest BCUT2D eigenvalue weighted by Crippen LogP contribution is 2.18. The summed E-state index contributed by atoms with van der Waals surface area (Å²) in [5.74, 6) is -0.244. The third-order valence-electron chi connectivity index (χ3n) is 3.02. The third-order valence-corrected chi connectivity index (χ3v) is 4.77. The van der Waals surface area contributed by atoms with Gasteiger partial charge in [0, 0.05) is 19.2 Å². The second kappa shape index (κ2) is 4.56. The van der Waals surface area contributed by atoms with Crippen molar-refractivity contribution >= 4 is 15.7 Å². The second-order valence-corrected chi connectivity index (χ2v) is 6.55. The summed E-state index contributed by atoms with van der Waals surface area (Å²) in [7, 11) is -1.48. The highest BCUT2D eigenvalue weighted by atomic mass is 32.2. The summed E-state index contributed by atoms with van der Waals surface area (Å²) in [5, 5.41) is 0. The Labute approximate surface area is 104 Å². The van der Waals surface area contributed by atoms with Crippen LogP contribution in [0.1, 0.15) is 16.8 Å². The highest BCUT2D eigenvalue weighted by molar-refractivity contribution is 7.91. The van der Waals surface area contributed by atoms with E-state index in [4.69, 9.17) is 0 Å². The van der Waals surface area contributed by atoms with Crippen LogP contribution in [-0.2, 0) is 9.84 Å². The fourth-order valence-electron chi connectivity index (χ4n) is 1.93. The summed E-state index contributed by atoms with van der Waals surface area (Å²) >= 11 is 0. The largest absolute Gasteiger partial charge is 0.430 e. The van der Waals surface area contributed by atoms with Crippen LogP contribution >= 0.6 is 0 Å². The molecule has 1 aromatic rings. The number of carbonyl (C=O) groups is 1. The van der Waals surface area contributed by atoms with Crippen LogP contribution in [0.5, 0.6) is 0 Å². The molecule has 2 rings (SSSR count). The maximum Gasteiger partial charge on any atom is 0.335 e. The molecule has 0 bridgehead atoms. The average molecular weight is 271 g/mol. The molecule has 6 nitrogen and oxygen atoms in total. The monoisotopic (exact) mass is 271 g/mol. The van der Waals surface area contributed by atoms with Crippen molar-refractivity contribution in [2.75, 3.05) is 18.6 Å². The average Bonchev–Trinajstić information content (AvgIpc) is 2.69. The molecular weight excluding hydrogens is 258 g/mol. The van der Waals surface area contributed by atoms with Gasteiger partial charge >= 0.3 is 5.63 Å². The van der Waals surface area contributed by atoms with Crippen molar-refractivity contribution in [1.82, 2.24) is 4.90 Å². The first-order valence-electron chi connectivity index (χ1n) is 5.45. The van der Waals surface area contributed by atoms with E-state index < -0.39 is 15.5 Å². The Balaban J connectivity index is 2.14. The molecule has 1 atom stereocenters. The number of nitrogens with zero attached hydrogens (tertiary/aromatic N) is 1. The number of hydrogen-bond acceptors (Lipinski definition) is 5. The topological polar surface area (TPSA) is 84.7 Å². The van der Waals surface area contributed by atoms with Crippen molar-refractivity contribution in [2.45, 2.75) is 12.5 Å². The Bertz CT molecular complexity index is 598. The number of carbonyl (C=O) groups excluding carboxylic acids is 1. The minimum atomic E-state index is -3.03. The van der Waals surface area contributed by atoms with Crippen LogP contribution in [0.25, 0.3) is 0 Å². The van der Waals surface area contributed by atoms with E-state index in [0.29, 0.717) is 6.42 Å². The van der Waals surface area contributed by atoms with Crippen LogP contribution < -0.4 is 5.63 Å². The van der Waals surface area contributed by atoms with Crippen molar-refractivity contribution in [3.8, 4) is 0 Å². The van der Waals surface area contributed by atoms with Gasteiger partial charge in [0.15, 0.2) is 9.84 Å². The predicted octanol–water partition coefficient (Wildman–Crippen LogP) is -0.101. The Morgan fingerprint density at radius 2 is 2.17 bits per heavy atom. The van der Waals surface area contributed by atoms with E-state index in [9.17, 15) is 18.0 Å². The summed E-state index contributed by atoms with van der Waals surface area (Å²) in [6.45, 7) is 0. The summed E-state index contributed by atoms with van der Waals surface area (Å²) in [6, 6.07) is 2.22. The van der Waals surface area contributed by atoms with Crippen LogP contribution in [0.2, 0.25) is 0 Å². The zero-order valence-corrected chi connectivity index (χ0v) is 10.6. The highest BCUT2D eigenvalue weighted by Gasteiger charge is 2.33. The molecule has 7 heteroatoms. The first-order valence-corrected chi connectivity index (χ1v) is 7.28. The molecule has 0 spiro atoms. The predicted molar refractivity (Wildman–Crippen MR) is 64.1 cm³/mol. The zero-order chi connectivity index (χ0) is 13.3.